The second kappa shape index (κ2) is 7.48. The molecule has 6 heteroatoms. The average Bonchev–Trinajstić information content (AvgIpc) is 2.44. The zero-order valence-corrected chi connectivity index (χ0v) is 14.0. The summed E-state index contributed by atoms with van der Waals surface area (Å²) >= 11 is 8.22. The lowest BCUT2D eigenvalue weighted by molar-refractivity contribution is 0.314. The van der Waals surface area contributed by atoms with Crippen molar-refractivity contribution >= 4 is 29.2 Å². The fraction of sp³-hybridized carbons (Fsp3) is 0.714. The summed E-state index contributed by atoms with van der Waals surface area (Å²) in [6.07, 6.45) is 0. The van der Waals surface area contributed by atoms with Crippen molar-refractivity contribution in [2.75, 3.05) is 43.0 Å². The van der Waals surface area contributed by atoms with Crippen molar-refractivity contribution in [3.8, 4) is 0 Å². The lowest BCUT2D eigenvalue weighted by atomic mass is 10.2. The molecule has 2 rings (SSSR count). The van der Waals surface area contributed by atoms with Crippen LogP contribution in [0.25, 0.3) is 0 Å². The highest BCUT2D eigenvalue weighted by atomic mass is 35.5. The second-order valence-corrected chi connectivity index (χ2v) is 6.96. The van der Waals surface area contributed by atoms with Gasteiger partial charge in [-0.15, -0.1) is 0 Å². The van der Waals surface area contributed by atoms with Crippen LogP contribution < -0.4 is 5.32 Å². The minimum Gasteiger partial charge on any atom is -0.368 e. The summed E-state index contributed by atoms with van der Waals surface area (Å²) in [6, 6.07) is 0. The third kappa shape index (κ3) is 4.24. The van der Waals surface area contributed by atoms with E-state index in [0.717, 1.165) is 30.3 Å². The van der Waals surface area contributed by atoms with Gasteiger partial charge in [0.15, 0.2) is 0 Å². The van der Waals surface area contributed by atoms with E-state index in [2.05, 4.69) is 34.0 Å². The molecule has 2 heterocycles. The van der Waals surface area contributed by atoms with Gasteiger partial charge in [0.25, 0.3) is 0 Å². The smallest absolute Gasteiger partial charge is 0.137 e. The number of nitrogens with one attached hydrogen (secondary N) is 1. The monoisotopic (exact) mass is 314 g/mol. The summed E-state index contributed by atoms with van der Waals surface area (Å²) in [5.41, 5.74) is 0.935. The Morgan fingerprint density at radius 3 is 2.65 bits per heavy atom. The van der Waals surface area contributed by atoms with Gasteiger partial charge in [-0.3, -0.25) is 4.90 Å². The van der Waals surface area contributed by atoms with Gasteiger partial charge in [-0.25, -0.2) is 9.97 Å². The molecule has 1 aromatic rings. The van der Waals surface area contributed by atoms with Gasteiger partial charge < -0.3 is 5.32 Å². The van der Waals surface area contributed by atoms with Crippen LogP contribution in [-0.2, 0) is 0 Å². The predicted molar refractivity (Wildman–Crippen MR) is 88.1 cm³/mol. The van der Waals surface area contributed by atoms with Crippen molar-refractivity contribution < 1.29 is 0 Å². The summed E-state index contributed by atoms with van der Waals surface area (Å²) in [6.45, 7) is 10.5. The van der Waals surface area contributed by atoms with E-state index in [-0.39, 0.29) is 5.92 Å². The Hall–Kier alpha value is -0.520. The van der Waals surface area contributed by atoms with E-state index in [1.54, 1.807) is 0 Å². The zero-order chi connectivity index (χ0) is 14.5. The number of hydrogen-bond acceptors (Lipinski definition) is 5. The quantitative estimate of drug-likeness (QED) is 0.846. The molecule has 112 valence electrons. The molecule has 0 radical (unpaired) electrons. The van der Waals surface area contributed by atoms with Crippen LogP contribution in [0.1, 0.15) is 31.2 Å². The largest absolute Gasteiger partial charge is 0.368 e. The number of thioether (sulfide) groups is 1. The van der Waals surface area contributed by atoms with Crippen LogP contribution in [0.15, 0.2) is 0 Å². The molecule has 0 saturated carbocycles. The molecule has 4 nitrogen and oxygen atoms in total. The lowest BCUT2D eigenvalue weighted by Gasteiger charge is -2.26. The molecule has 0 spiro atoms. The van der Waals surface area contributed by atoms with E-state index in [4.69, 9.17) is 11.6 Å². The highest BCUT2D eigenvalue weighted by molar-refractivity contribution is 7.99. The van der Waals surface area contributed by atoms with E-state index >= 15 is 0 Å². The molecule has 1 fully saturated rings. The highest BCUT2D eigenvalue weighted by Gasteiger charge is 2.13. The molecule has 0 aliphatic carbocycles. The summed E-state index contributed by atoms with van der Waals surface area (Å²) in [7, 11) is 0. The predicted octanol–water partition coefficient (Wildman–Crippen LogP) is 3.02. The molecule has 0 bridgehead atoms. The Labute approximate surface area is 130 Å². The Morgan fingerprint density at radius 1 is 1.30 bits per heavy atom. The molecule has 0 amide bonds. The van der Waals surface area contributed by atoms with E-state index < -0.39 is 0 Å². The Morgan fingerprint density at radius 2 is 2.00 bits per heavy atom. The van der Waals surface area contributed by atoms with E-state index in [9.17, 15) is 0 Å². The first-order valence-electron chi connectivity index (χ1n) is 7.16. The minimum absolute atomic E-state index is 0.285. The van der Waals surface area contributed by atoms with Crippen molar-refractivity contribution in [3.05, 3.63) is 16.5 Å². The molecule has 0 atom stereocenters. The van der Waals surface area contributed by atoms with Crippen LogP contribution in [0.3, 0.4) is 0 Å². The van der Waals surface area contributed by atoms with Gasteiger partial charge in [-0.1, -0.05) is 25.4 Å². The molecule has 1 aromatic heterocycles. The fourth-order valence-corrected chi connectivity index (χ4v) is 3.25. The standard InChI is InChI=1S/C14H23ClN4S/c1-10(2)13-17-12(15)11(3)14(18-13)16-4-5-19-6-8-20-9-7-19/h10H,4-9H2,1-3H3,(H,16,17,18). The average molecular weight is 315 g/mol. The van der Waals surface area contributed by atoms with Gasteiger partial charge >= 0.3 is 0 Å². The molecular formula is C14H23ClN4S. The van der Waals surface area contributed by atoms with E-state index in [1.165, 1.54) is 24.6 Å². The van der Waals surface area contributed by atoms with Gasteiger partial charge in [-0.2, -0.15) is 11.8 Å². The van der Waals surface area contributed by atoms with Crippen molar-refractivity contribution in [2.45, 2.75) is 26.7 Å². The maximum Gasteiger partial charge on any atom is 0.137 e. The molecular weight excluding hydrogens is 292 g/mol. The van der Waals surface area contributed by atoms with Crippen LogP contribution in [0.4, 0.5) is 5.82 Å². The summed E-state index contributed by atoms with van der Waals surface area (Å²) < 4.78 is 0. The van der Waals surface area contributed by atoms with Crippen LogP contribution >= 0.6 is 23.4 Å². The van der Waals surface area contributed by atoms with Gasteiger partial charge in [0.1, 0.15) is 16.8 Å². The minimum atomic E-state index is 0.285. The number of halogens is 1. The first-order chi connectivity index (χ1) is 9.58. The molecule has 20 heavy (non-hydrogen) atoms. The molecule has 0 aromatic carbocycles. The topological polar surface area (TPSA) is 41.1 Å². The number of hydrogen-bond donors (Lipinski definition) is 1. The van der Waals surface area contributed by atoms with Crippen molar-refractivity contribution in [3.63, 3.8) is 0 Å². The molecule has 1 saturated heterocycles. The van der Waals surface area contributed by atoms with E-state index in [0.29, 0.717) is 5.15 Å². The van der Waals surface area contributed by atoms with Gasteiger partial charge in [0, 0.05) is 49.2 Å². The highest BCUT2D eigenvalue weighted by Crippen LogP contribution is 2.22. The first-order valence-corrected chi connectivity index (χ1v) is 8.69. The van der Waals surface area contributed by atoms with Crippen molar-refractivity contribution in [2.24, 2.45) is 0 Å². The van der Waals surface area contributed by atoms with Crippen LogP contribution in [0.2, 0.25) is 5.15 Å². The maximum atomic E-state index is 6.19. The third-order valence-electron chi connectivity index (χ3n) is 3.44. The van der Waals surface area contributed by atoms with Crippen LogP contribution in [-0.4, -0.2) is 52.6 Å². The molecule has 1 aliphatic heterocycles. The van der Waals surface area contributed by atoms with Crippen molar-refractivity contribution in [1.82, 2.24) is 14.9 Å². The number of rotatable bonds is 5. The number of nitrogens with zero attached hydrogens (tertiary/aromatic N) is 3. The van der Waals surface area contributed by atoms with Gasteiger partial charge in [-0.05, 0) is 6.92 Å². The Bertz CT molecular complexity index is 447. The van der Waals surface area contributed by atoms with E-state index in [1.807, 2.05) is 18.7 Å². The fourth-order valence-electron chi connectivity index (χ4n) is 2.09. The number of anilines is 1. The van der Waals surface area contributed by atoms with Crippen molar-refractivity contribution in [1.29, 1.82) is 0 Å². The second-order valence-electron chi connectivity index (χ2n) is 5.38. The zero-order valence-electron chi connectivity index (χ0n) is 12.4. The molecule has 0 unspecified atom stereocenters. The summed E-state index contributed by atoms with van der Waals surface area (Å²) in [5.74, 6) is 4.46. The maximum absolute atomic E-state index is 6.19. The Balaban J connectivity index is 1.94. The first kappa shape index (κ1) is 15.9. The van der Waals surface area contributed by atoms with Crippen LogP contribution in [0, 0.1) is 6.92 Å². The number of aromatic nitrogens is 2. The summed E-state index contributed by atoms with van der Waals surface area (Å²) in [5, 5.41) is 3.97. The Kier molecular flexibility index (Phi) is 5.93. The third-order valence-corrected chi connectivity index (χ3v) is 4.75. The van der Waals surface area contributed by atoms with Gasteiger partial charge in [0.05, 0.1) is 0 Å². The lowest BCUT2D eigenvalue weighted by Crippen LogP contribution is -2.36. The van der Waals surface area contributed by atoms with Crippen LogP contribution in [0.5, 0.6) is 0 Å². The van der Waals surface area contributed by atoms with Gasteiger partial charge in [0.2, 0.25) is 0 Å². The molecule has 1 aliphatic rings. The SMILES string of the molecule is Cc1c(Cl)nc(C(C)C)nc1NCCN1CCSCC1. The molecule has 1 N–H and O–H groups in total. The summed E-state index contributed by atoms with van der Waals surface area (Å²) in [4.78, 5) is 11.4. The normalized spacial score (nSPS) is 16.6.